The van der Waals surface area contributed by atoms with Crippen molar-refractivity contribution in [2.45, 2.75) is 51.4 Å². The molecule has 0 aromatic rings. The first-order valence-corrected chi connectivity index (χ1v) is 6.25. The molecule has 1 rings (SSSR count). The van der Waals surface area contributed by atoms with Crippen molar-refractivity contribution in [3.05, 3.63) is 0 Å². The summed E-state index contributed by atoms with van der Waals surface area (Å²) in [6.45, 7) is 2.68. The summed E-state index contributed by atoms with van der Waals surface area (Å²) in [6, 6.07) is 0. The zero-order chi connectivity index (χ0) is 10.1. The maximum atomic E-state index is 8.59. The minimum absolute atomic E-state index is 0.349. The SMILES string of the molecule is OCCCCCNCCC1CCCC1. The van der Waals surface area contributed by atoms with Crippen molar-refractivity contribution in [3.63, 3.8) is 0 Å². The summed E-state index contributed by atoms with van der Waals surface area (Å²) in [4.78, 5) is 0. The molecule has 0 amide bonds. The largest absolute Gasteiger partial charge is 0.396 e. The smallest absolute Gasteiger partial charge is 0.0431 e. The Labute approximate surface area is 88.1 Å². The molecule has 0 unspecified atom stereocenters. The first-order chi connectivity index (χ1) is 6.93. The van der Waals surface area contributed by atoms with Gasteiger partial charge < -0.3 is 10.4 Å². The first-order valence-electron chi connectivity index (χ1n) is 6.25. The van der Waals surface area contributed by atoms with Gasteiger partial charge in [0, 0.05) is 6.61 Å². The fourth-order valence-electron chi connectivity index (χ4n) is 2.27. The third-order valence-corrected chi connectivity index (χ3v) is 3.22. The number of unbranched alkanes of at least 4 members (excludes halogenated alkanes) is 2. The summed E-state index contributed by atoms with van der Waals surface area (Å²) >= 11 is 0. The second kappa shape index (κ2) is 8.25. The van der Waals surface area contributed by atoms with Crippen LogP contribution in [0.2, 0.25) is 0 Å². The molecule has 0 aromatic heterocycles. The van der Waals surface area contributed by atoms with Gasteiger partial charge in [-0.15, -0.1) is 0 Å². The number of aliphatic hydroxyl groups excluding tert-OH is 1. The lowest BCUT2D eigenvalue weighted by Crippen LogP contribution is -2.18. The van der Waals surface area contributed by atoms with E-state index in [0.717, 1.165) is 25.3 Å². The summed E-state index contributed by atoms with van der Waals surface area (Å²) in [5.41, 5.74) is 0. The zero-order valence-corrected chi connectivity index (χ0v) is 9.30. The van der Waals surface area contributed by atoms with Gasteiger partial charge in [-0.05, 0) is 44.7 Å². The van der Waals surface area contributed by atoms with Crippen molar-refractivity contribution < 1.29 is 5.11 Å². The molecule has 1 saturated carbocycles. The van der Waals surface area contributed by atoms with Crippen LogP contribution in [0.5, 0.6) is 0 Å². The van der Waals surface area contributed by atoms with Gasteiger partial charge in [-0.2, -0.15) is 0 Å². The number of rotatable bonds is 8. The van der Waals surface area contributed by atoms with E-state index in [0.29, 0.717) is 6.61 Å². The summed E-state index contributed by atoms with van der Waals surface area (Å²) < 4.78 is 0. The predicted molar refractivity (Wildman–Crippen MR) is 60.4 cm³/mol. The molecule has 1 aliphatic carbocycles. The second-order valence-electron chi connectivity index (χ2n) is 4.47. The second-order valence-corrected chi connectivity index (χ2v) is 4.47. The van der Waals surface area contributed by atoms with Gasteiger partial charge in [-0.1, -0.05) is 25.7 Å². The highest BCUT2D eigenvalue weighted by Crippen LogP contribution is 2.26. The number of hydrogen-bond acceptors (Lipinski definition) is 2. The van der Waals surface area contributed by atoms with E-state index in [2.05, 4.69) is 5.32 Å². The summed E-state index contributed by atoms with van der Waals surface area (Å²) in [6.07, 6.45) is 10.6. The number of hydrogen-bond donors (Lipinski definition) is 2. The molecule has 0 aliphatic heterocycles. The molecule has 14 heavy (non-hydrogen) atoms. The Hall–Kier alpha value is -0.0800. The van der Waals surface area contributed by atoms with Crippen molar-refractivity contribution in [2.75, 3.05) is 19.7 Å². The molecular weight excluding hydrogens is 174 g/mol. The predicted octanol–water partition coefficient (Wildman–Crippen LogP) is 2.32. The Morgan fingerprint density at radius 1 is 1.00 bits per heavy atom. The Morgan fingerprint density at radius 2 is 1.79 bits per heavy atom. The highest BCUT2D eigenvalue weighted by atomic mass is 16.2. The molecule has 84 valence electrons. The maximum Gasteiger partial charge on any atom is 0.0431 e. The molecule has 2 heteroatoms. The minimum Gasteiger partial charge on any atom is -0.396 e. The monoisotopic (exact) mass is 199 g/mol. The van der Waals surface area contributed by atoms with Gasteiger partial charge in [-0.25, -0.2) is 0 Å². The minimum atomic E-state index is 0.349. The van der Waals surface area contributed by atoms with Crippen molar-refractivity contribution in [2.24, 2.45) is 5.92 Å². The summed E-state index contributed by atoms with van der Waals surface area (Å²) in [5, 5.41) is 12.1. The lowest BCUT2D eigenvalue weighted by Gasteiger charge is -2.09. The molecule has 0 radical (unpaired) electrons. The molecule has 0 heterocycles. The molecule has 1 aliphatic rings. The fourth-order valence-corrected chi connectivity index (χ4v) is 2.27. The quantitative estimate of drug-likeness (QED) is 0.588. The van der Waals surface area contributed by atoms with Gasteiger partial charge in [0.25, 0.3) is 0 Å². The van der Waals surface area contributed by atoms with Crippen molar-refractivity contribution in [1.82, 2.24) is 5.32 Å². The van der Waals surface area contributed by atoms with Crippen molar-refractivity contribution in [1.29, 1.82) is 0 Å². The molecule has 0 saturated heterocycles. The Kier molecular flexibility index (Phi) is 7.06. The van der Waals surface area contributed by atoms with Gasteiger partial charge in [-0.3, -0.25) is 0 Å². The molecule has 0 spiro atoms. The van der Waals surface area contributed by atoms with Crippen molar-refractivity contribution >= 4 is 0 Å². The molecule has 0 bridgehead atoms. The van der Waals surface area contributed by atoms with E-state index in [-0.39, 0.29) is 0 Å². The zero-order valence-electron chi connectivity index (χ0n) is 9.30. The first kappa shape index (κ1) is 12.0. The highest BCUT2D eigenvalue weighted by Gasteiger charge is 2.13. The van der Waals surface area contributed by atoms with E-state index in [1.165, 1.54) is 45.1 Å². The molecule has 2 N–H and O–H groups in total. The Morgan fingerprint density at radius 3 is 2.50 bits per heavy atom. The molecule has 1 fully saturated rings. The van der Waals surface area contributed by atoms with Crippen LogP contribution in [0.1, 0.15) is 51.4 Å². The van der Waals surface area contributed by atoms with Gasteiger partial charge >= 0.3 is 0 Å². The molecule has 0 aromatic carbocycles. The van der Waals surface area contributed by atoms with E-state index in [1.807, 2.05) is 0 Å². The van der Waals surface area contributed by atoms with Crippen LogP contribution in [-0.2, 0) is 0 Å². The standard InChI is InChI=1S/C12H25NO/c14-11-5-1-4-9-13-10-8-12-6-2-3-7-12/h12-14H,1-11H2. The van der Waals surface area contributed by atoms with Gasteiger partial charge in [0.05, 0.1) is 0 Å². The summed E-state index contributed by atoms with van der Waals surface area (Å²) in [7, 11) is 0. The highest BCUT2D eigenvalue weighted by molar-refractivity contribution is 4.68. The third-order valence-electron chi connectivity index (χ3n) is 3.22. The molecule has 0 atom stereocenters. The van der Waals surface area contributed by atoms with Crippen molar-refractivity contribution in [3.8, 4) is 0 Å². The Balaban J connectivity index is 1.75. The van der Waals surface area contributed by atoms with E-state index < -0.39 is 0 Å². The van der Waals surface area contributed by atoms with Gasteiger partial charge in [0.1, 0.15) is 0 Å². The fraction of sp³-hybridized carbons (Fsp3) is 1.00. The van der Waals surface area contributed by atoms with Crippen LogP contribution < -0.4 is 5.32 Å². The topological polar surface area (TPSA) is 32.3 Å². The van der Waals surface area contributed by atoms with Crippen LogP contribution in [0.3, 0.4) is 0 Å². The van der Waals surface area contributed by atoms with Gasteiger partial charge in [0.2, 0.25) is 0 Å². The van der Waals surface area contributed by atoms with Crippen LogP contribution in [0, 0.1) is 5.92 Å². The van der Waals surface area contributed by atoms with Crippen LogP contribution in [0.4, 0.5) is 0 Å². The lowest BCUT2D eigenvalue weighted by atomic mass is 10.0. The molecular formula is C12H25NO. The average Bonchev–Trinajstić information content (AvgIpc) is 2.69. The van der Waals surface area contributed by atoms with E-state index in [1.54, 1.807) is 0 Å². The Bertz CT molecular complexity index is 121. The summed E-state index contributed by atoms with van der Waals surface area (Å²) in [5.74, 6) is 1.01. The van der Waals surface area contributed by atoms with Crippen LogP contribution in [-0.4, -0.2) is 24.8 Å². The van der Waals surface area contributed by atoms with E-state index >= 15 is 0 Å². The number of nitrogens with one attached hydrogen (secondary N) is 1. The van der Waals surface area contributed by atoms with Crippen LogP contribution in [0.25, 0.3) is 0 Å². The number of aliphatic hydroxyl groups is 1. The van der Waals surface area contributed by atoms with E-state index in [9.17, 15) is 0 Å². The maximum absolute atomic E-state index is 8.59. The normalized spacial score (nSPS) is 17.8. The van der Waals surface area contributed by atoms with Crippen LogP contribution in [0.15, 0.2) is 0 Å². The lowest BCUT2D eigenvalue weighted by molar-refractivity contribution is 0.282. The average molecular weight is 199 g/mol. The third kappa shape index (κ3) is 5.61. The molecule has 2 nitrogen and oxygen atoms in total. The van der Waals surface area contributed by atoms with Crippen LogP contribution >= 0.6 is 0 Å². The van der Waals surface area contributed by atoms with E-state index in [4.69, 9.17) is 5.11 Å². The van der Waals surface area contributed by atoms with Gasteiger partial charge in [0.15, 0.2) is 0 Å².